The summed E-state index contributed by atoms with van der Waals surface area (Å²) in [6.45, 7) is 5.68. The highest BCUT2D eigenvalue weighted by atomic mass is 16.4. The van der Waals surface area contributed by atoms with Gasteiger partial charge in [-0.15, -0.1) is 10.2 Å². The molecular weight excluding hydrogens is 304 g/mol. The van der Waals surface area contributed by atoms with E-state index in [2.05, 4.69) is 15.2 Å². The number of nitrogens with zero attached hydrogens (tertiary/aromatic N) is 4. The first-order valence-corrected chi connectivity index (χ1v) is 7.70. The average molecular weight is 322 g/mol. The molecule has 0 fully saturated rings. The minimum Gasteiger partial charge on any atom is -0.421 e. The molecule has 24 heavy (non-hydrogen) atoms. The van der Waals surface area contributed by atoms with E-state index >= 15 is 0 Å². The van der Waals surface area contributed by atoms with Gasteiger partial charge in [0.05, 0.1) is 11.9 Å². The van der Waals surface area contributed by atoms with Crippen molar-refractivity contribution in [1.29, 1.82) is 0 Å². The van der Waals surface area contributed by atoms with Gasteiger partial charge in [0.15, 0.2) is 0 Å². The fourth-order valence-corrected chi connectivity index (χ4v) is 2.45. The number of pyridine rings is 1. The van der Waals surface area contributed by atoms with Crippen molar-refractivity contribution in [3.8, 4) is 11.5 Å². The van der Waals surface area contributed by atoms with Crippen molar-refractivity contribution in [1.82, 2.24) is 15.2 Å². The monoisotopic (exact) mass is 322 g/mol. The molecule has 0 bridgehead atoms. The summed E-state index contributed by atoms with van der Waals surface area (Å²) >= 11 is 0. The highest BCUT2D eigenvalue weighted by Crippen LogP contribution is 2.22. The number of benzene rings is 1. The summed E-state index contributed by atoms with van der Waals surface area (Å²) in [5, 5.41) is 7.79. The van der Waals surface area contributed by atoms with Crippen LogP contribution in [-0.4, -0.2) is 27.1 Å². The van der Waals surface area contributed by atoms with Crippen molar-refractivity contribution < 1.29 is 9.21 Å². The molecule has 3 rings (SSSR count). The molecule has 0 atom stereocenters. The lowest BCUT2D eigenvalue weighted by atomic mass is 10.1. The van der Waals surface area contributed by atoms with Crippen LogP contribution in [0.15, 0.2) is 53.2 Å². The fourth-order valence-electron chi connectivity index (χ4n) is 2.45. The van der Waals surface area contributed by atoms with E-state index in [0.717, 1.165) is 11.3 Å². The zero-order chi connectivity index (χ0) is 17.1. The SMILES string of the molecule is Cc1nnc(-c2ccc(C(=O)N(c3cccnc3)C(C)C)cc2)o1. The third kappa shape index (κ3) is 3.17. The Morgan fingerprint density at radius 1 is 1.12 bits per heavy atom. The summed E-state index contributed by atoms with van der Waals surface area (Å²) in [5.41, 5.74) is 2.14. The summed E-state index contributed by atoms with van der Waals surface area (Å²) in [6, 6.07) is 10.9. The van der Waals surface area contributed by atoms with E-state index < -0.39 is 0 Å². The second kappa shape index (κ2) is 6.62. The molecule has 6 nitrogen and oxygen atoms in total. The van der Waals surface area contributed by atoms with Gasteiger partial charge >= 0.3 is 0 Å². The topological polar surface area (TPSA) is 72.1 Å². The van der Waals surface area contributed by atoms with Crippen molar-refractivity contribution in [2.75, 3.05) is 4.90 Å². The van der Waals surface area contributed by atoms with Crippen LogP contribution < -0.4 is 4.90 Å². The van der Waals surface area contributed by atoms with Gasteiger partial charge in [-0.1, -0.05) is 0 Å². The quantitative estimate of drug-likeness (QED) is 0.735. The maximum atomic E-state index is 12.9. The molecule has 0 saturated heterocycles. The van der Waals surface area contributed by atoms with Crippen LogP contribution in [0.5, 0.6) is 0 Å². The Hall–Kier alpha value is -3.02. The van der Waals surface area contributed by atoms with Crippen LogP contribution in [-0.2, 0) is 0 Å². The number of hydrogen-bond donors (Lipinski definition) is 0. The fraction of sp³-hybridized carbons (Fsp3) is 0.222. The maximum absolute atomic E-state index is 12.9. The van der Waals surface area contributed by atoms with Gasteiger partial charge < -0.3 is 9.32 Å². The molecular formula is C18H18N4O2. The highest BCUT2D eigenvalue weighted by molar-refractivity contribution is 6.06. The predicted octanol–water partition coefficient (Wildman–Crippen LogP) is 3.50. The number of carbonyl (C=O) groups excluding carboxylic acids is 1. The molecule has 0 aliphatic heterocycles. The molecule has 0 N–H and O–H groups in total. The molecule has 0 spiro atoms. The van der Waals surface area contributed by atoms with E-state index in [1.165, 1.54) is 0 Å². The Kier molecular flexibility index (Phi) is 4.37. The van der Waals surface area contributed by atoms with E-state index in [1.54, 1.807) is 36.4 Å². The molecule has 0 saturated carbocycles. The molecule has 0 unspecified atom stereocenters. The first-order valence-electron chi connectivity index (χ1n) is 7.70. The zero-order valence-electron chi connectivity index (χ0n) is 13.8. The van der Waals surface area contributed by atoms with E-state index in [-0.39, 0.29) is 11.9 Å². The number of anilines is 1. The van der Waals surface area contributed by atoms with Gasteiger partial charge in [0.1, 0.15) is 0 Å². The van der Waals surface area contributed by atoms with Crippen molar-refractivity contribution in [3.05, 3.63) is 60.2 Å². The number of aryl methyl sites for hydroxylation is 1. The number of aromatic nitrogens is 3. The summed E-state index contributed by atoms with van der Waals surface area (Å²) in [5.74, 6) is 0.874. The molecule has 0 radical (unpaired) electrons. The highest BCUT2D eigenvalue weighted by Gasteiger charge is 2.21. The first-order chi connectivity index (χ1) is 11.6. The molecule has 2 aromatic heterocycles. The standard InChI is InChI=1S/C18H18N4O2/c1-12(2)22(16-5-4-10-19-11-16)18(23)15-8-6-14(7-9-15)17-21-20-13(3)24-17/h4-12H,1-3H3. The molecule has 6 heteroatoms. The van der Waals surface area contributed by atoms with Gasteiger partial charge in [-0.2, -0.15) is 0 Å². The largest absolute Gasteiger partial charge is 0.421 e. The van der Waals surface area contributed by atoms with Crippen LogP contribution in [0.3, 0.4) is 0 Å². The van der Waals surface area contributed by atoms with Crippen molar-refractivity contribution >= 4 is 11.6 Å². The van der Waals surface area contributed by atoms with E-state index in [1.807, 2.05) is 38.1 Å². The summed E-state index contributed by atoms with van der Waals surface area (Å²) in [4.78, 5) is 18.7. The van der Waals surface area contributed by atoms with Crippen LogP contribution in [0.1, 0.15) is 30.1 Å². The Balaban J connectivity index is 1.88. The molecule has 0 aliphatic carbocycles. The van der Waals surface area contributed by atoms with Gasteiger partial charge in [0.2, 0.25) is 11.8 Å². The Morgan fingerprint density at radius 3 is 2.42 bits per heavy atom. The van der Waals surface area contributed by atoms with Crippen LogP contribution in [0.25, 0.3) is 11.5 Å². The van der Waals surface area contributed by atoms with Crippen LogP contribution >= 0.6 is 0 Å². The van der Waals surface area contributed by atoms with Crippen LogP contribution in [0.4, 0.5) is 5.69 Å². The van der Waals surface area contributed by atoms with Crippen molar-refractivity contribution in [2.24, 2.45) is 0 Å². The Bertz CT molecular complexity index is 826. The van der Waals surface area contributed by atoms with Crippen molar-refractivity contribution in [3.63, 3.8) is 0 Å². The van der Waals surface area contributed by atoms with Gasteiger partial charge in [0.25, 0.3) is 5.91 Å². The maximum Gasteiger partial charge on any atom is 0.258 e. The summed E-state index contributed by atoms with van der Waals surface area (Å²) in [6.07, 6.45) is 3.38. The Labute approximate surface area is 140 Å². The lowest BCUT2D eigenvalue weighted by Crippen LogP contribution is -2.37. The molecule has 1 amide bonds. The number of hydrogen-bond acceptors (Lipinski definition) is 5. The van der Waals surface area contributed by atoms with E-state index in [0.29, 0.717) is 17.3 Å². The molecule has 0 aliphatic rings. The third-order valence-electron chi connectivity index (χ3n) is 3.56. The summed E-state index contributed by atoms with van der Waals surface area (Å²) in [7, 11) is 0. The molecule has 2 heterocycles. The molecule has 1 aromatic carbocycles. The predicted molar refractivity (Wildman–Crippen MR) is 90.7 cm³/mol. The third-order valence-corrected chi connectivity index (χ3v) is 3.56. The van der Waals surface area contributed by atoms with Gasteiger partial charge in [-0.25, -0.2) is 0 Å². The Morgan fingerprint density at radius 2 is 1.88 bits per heavy atom. The number of rotatable bonds is 4. The smallest absolute Gasteiger partial charge is 0.258 e. The van der Waals surface area contributed by atoms with E-state index in [4.69, 9.17) is 4.42 Å². The van der Waals surface area contributed by atoms with Crippen molar-refractivity contribution in [2.45, 2.75) is 26.8 Å². The zero-order valence-corrected chi connectivity index (χ0v) is 13.8. The van der Waals surface area contributed by atoms with Gasteiger partial charge in [-0.3, -0.25) is 9.78 Å². The summed E-state index contributed by atoms with van der Waals surface area (Å²) < 4.78 is 5.40. The molecule has 122 valence electrons. The second-order valence-electron chi connectivity index (χ2n) is 5.68. The molecule has 3 aromatic rings. The first kappa shape index (κ1) is 15.9. The minimum absolute atomic E-state index is 0.0139. The van der Waals surface area contributed by atoms with Crippen LogP contribution in [0, 0.1) is 6.92 Å². The van der Waals surface area contributed by atoms with Crippen LogP contribution in [0.2, 0.25) is 0 Å². The second-order valence-corrected chi connectivity index (χ2v) is 5.68. The normalized spacial score (nSPS) is 10.8. The number of amides is 1. The van der Waals surface area contributed by atoms with Gasteiger partial charge in [0, 0.05) is 30.3 Å². The number of carbonyl (C=O) groups is 1. The average Bonchev–Trinajstić information content (AvgIpc) is 3.02. The van der Waals surface area contributed by atoms with E-state index in [9.17, 15) is 4.79 Å². The van der Waals surface area contributed by atoms with Gasteiger partial charge in [-0.05, 0) is 50.2 Å². The lowest BCUT2D eigenvalue weighted by molar-refractivity contribution is 0.0980. The minimum atomic E-state index is -0.0775. The lowest BCUT2D eigenvalue weighted by Gasteiger charge is -2.26.